The molecule has 0 fully saturated rings. The average molecular weight is 598 g/mol. The highest BCUT2D eigenvalue weighted by Crippen LogP contribution is 2.36. The molecule has 1 rings (SSSR count). The van der Waals surface area contributed by atoms with E-state index in [1.54, 1.807) is 0 Å². The van der Waals surface area contributed by atoms with Gasteiger partial charge in [-0.1, -0.05) is 28.8 Å². The first kappa shape index (κ1) is 31.1. The summed E-state index contributed by atoms with van der Waals surface area (Å²) in [4.78, 5) is 46.8. The van der Waals surface area contributed by atoms with Crippen LogP contribution >= 0.6 is 15.9 Å². The maximum Gasteiger partial charge on any atom is 0.300 e. The lowest BCUT2D eigenvalue weighted by Crippen LogP contribution is -2.34. The number of hydroxylamine groups is 1. The van der Waals surface area contributed by atoms with Crippen LogP contribution in [0.2, 0.25) is 0 Å². The van der Waals surface area contributed by atoms with Gasteiger partial charge in [-0.25, -0.2) is 5.48 Å². The highest BCUT2D eigenvalue weighted by Gasteiger charge is 2.31. The van der Waals surface area contributed by atoms with E-state index in [4.69, 9.17) is 9.39 Å². The fourth-order valence-electron chi connectivity index (χ4n) is 3.21. The van der Waals surface area contributed by atoms with E-state index in [1.165, 1.54) is 10.4 Å². The number of carbonyl (C=O) groups is 2. The van der Waals surface area contributed by atoms with Gasteiger partial charge in [0.15, 0.2) is 0 Å². The molecule has 15 nitrogen and oxygen atoms in total. The number of anilines is 1. The van der Waals surface area contributed by atoms with Gasteiger partial charge in [0.05, 0.1) is 34.3 Å². The minimum absolute atomic E-state index is 0.105. The topological polar surface area (TPSA) is 211 Å². The summed E-state index contributed by atoms with van der Waals surface area (Å²) in [7, 11) is -3.79. The van der Waals surface area contributed by atoms with Crippen molar-refractivity contribution < 1.29 is 37.2 Å². The number of hydrogen-bond donors (Lipinski definition) is 3. The summed E-state index contributed by atoms with van der Waals surface area (Å²) in [6, 6.07) is 1.68. The van der Waals surface area contributed by atoms with Crippen molar-refractivity contribution in [2.75, 3.05) is 42.7 Å². The number of alkyl halides is 1. The molecule has 17 heteroatoms. The lowest BCUT2D eigenvalue weighted by Gasteiger charge is -2.25. The highest BCUT2D eigenvalue weighted by atomic mass is 79.9. The Balaban J connectivity index is 3.15. The van der Waals surface area contributed by atoms with E-state index >= 15 is 0 Å². The Morgan fingerprint density at radius 2 is 1.78 bits per heavy atom. The fourth-order valence-corrected chi connectivity index (χ4v) is 4.01. The first-order valence-electron chi connectivity index (χ1n) is 10.7. The summed E-state index contributed by atoms with van der Waals surface area (Å²) in [6.45, 7) is -0.252. The number of nitrogens with one attached hydrogen (secondary N) is 2. The Morgan fingerprint density at radius 1 is 1.11 bits per heavy atom. The number of nitro benzene ring substituents is 2. The number of unbranched alkanes of at least 4 members (excludes halogenated alkanes) is 3. The van der Waals surface area contributed by atoms with Crippen molar-refractivity contribution in [3.05, 3.63) is 37.9 Å². The predicted octanol–water partition coefficient (Wildman–Crippen LogP) is 1.87. The van der Waals surface area contributed by atoms with Crippen LogP contribution in [-0.4, -0.2) is 73.1 Å². The van der Waals surface area contributed by atoms with E-state index in [-0.39, 0.29) is 49.2 Å². The van der Waals surface area contributed by atoms with Gasteiger partial charge in [-0.3, -0.25) is 39.2 Å². The average Bonchev–Trinajstić information content (AvgIpc) is 2.80. The van der Waals surface area contributed by atoms with Gasteiger partial charge in [-0.2, -0.15) is 8.42 Å². The lowest BCUT2D eigenvalue weighted by atomic mass is 10.1. The Labute approximate surface area is 215 Å². The molecular formula is C19H28BrN5O10S. The summed E-state index contributed by atoms with van der Waals surface area (Å²) in [5.41, 5.74) is -0.309. The first-order valence-corrected chi connectivity index (χ1v) is 13.7. The van der Waals surface area contributed by atoms with Crippen LogP contribution in [0.3, 0.4) is 0 Å². The molecule has 0 spiro atoms. The molecule has 0 radical (unpaired) electrons. The molecule has 0 aromatic heterocycles. The quantitative estimate of drug-likeness (QED) is 0.0588. The Morgan fingerprint density at radius 3 is 2.33 bits per heavy atom. The van der Waals surface area contributed by atoms with E-state index in [9.17, 15) is 38.2 Å². The third-order valence-corrected chi connectivity index (χ3v) is 5.75. The zero-order valence-electron chi connectivity index (χ0n) is 19.5. The van der Waals surface area contributed by atoms with E-state index in [0.717, 1.165) is 18.4 Å². The van der Waals surface area contributed by atoms with Gasteiger partial charge in [0.1, 0.15) is 5.69 Å². The molecule has 36 heavy (non-hydrogen) atoms. The molecule has 1 aromatic rings. The van der Waals surface area contributed by atoms with Crippen molar-refractivity contribution in [1.82, 2.24) is 10.8 Å². The summed E-state index contributed by atoms with van der Waals surface area (Å²) >= 11 is 3.21. The standard InChI is InChI=1S/C19H28BrN5O10S/c1-36(33,34)35-11-10-23(9-7-20)18-15(12-14(24(29)30)13-16(18)25(31)32)19(27)21-8-5-3-2-4-6-17(26)22-28/h12-13,28H,2-11H2,1H3,(H,21,27)(H,22,26). The van der Waals surface area contributed by atoms with Crippen molar-refractivity contribution in [3.8, 4) is 0 Å². The lowest BCUT2D eigenvalue weighted by molar-refractivity contribution is -0.393. The van der Waals surface area contributed by atoms with Gasteiger partial charge in [-0.05, 0) is 12.8 Å². The van der Waals surface area contributed by atoms with Gasteiger partial charge in [0.2, 0.25) is 5.91 Å². The number of nitro groups is 2. The monoisotopic (exact) mass is 597 g/mol. The molecule has 0 heterocycles. The number of halogens is 1. The van der Waals surface area contributed by atoms with E-state index in [2.05, 4.69) is 21.2 Å². The van der Waals surface area contributed by atoms with Crippen molar-refractivity contribution in [2.45, 2.75) is 32.1 Å². The molecule has 3 N–H and O–H groups in total. The maximum atomic E-state index is 13.0. The van der Waals surface area contributed by atoms with Crippen molar-refractivity contribution in [3.63, 3.8) is 0 Å². The van der Waals surface area contributed by atoms with Gasteiger partial charge in [0, 0.05) is 37.5 Å². The second kappa shape index (κ2) is 15.3. The third-order valence-electron chi connectivity index (χ3n) is 4.80. The minimum atomic E-state index is -3.79. The molecule has 0 atom stereocenters. The van der Waals surface area contributed by atoms with Crippen LogP contribution in [0.5, 0.6) is 0 Å². The normalized spacial score (nSPS) is 11.1. The summed E-state index contributed by atoms with van der Waals surface area (Å²) in [5, 5.41) is 34.5. The number of rotatable bonds is 17. The molecule has 0 bridgehead atoms. The van der Waals surface area contributed by atoms with Crippen LogP contribution < -0.4 is 15.7 Å². The predicted molar refractivity (Wildman–Crippen MR) is 132 cm³/mol. The van der Waals surface area contributed by atoms with Crippen LogP contribution in [0.15, 0.2) is 12.1 Å². The molecular weight excluding hydrogens is 570 g/mol. The smallest absolute Gasteiger partial charge is 0.300 e. The van der Waals surface area contributed by atoms with E-state index < -0.39 is 43.2 Å². The summed E-state index contributed by atoms with van der Waals surface area (Å²) < 4.78 is 27.3. The molecule has 0 unspecified atom stereocenters. The van der Waals surface area contributed by atoms with Gasteiger partial charge in [-0.15, -0.1) is 0 Å². The third kappa shape index (κ3) is 10.8. The van der Waals surface area contributed by atoms with Crippen molar-refractivity contribution in [1.29, 1.82) is 0 Å². The number of nitrogens with zero attached hydrogens (tertiary/aromatic N) is 3. The molecule has 2 amide bonds. The zero-order chi connectivity index (χ0) is 27.3. The maximum absolute atomic E-state index is 13.0. The summed E-state index contributed by atoms with van der Waals surface area (Å²) in [6.07, 6.45) is 3.31. The number of amides is 2. The summed E-state index contributed by atoms with van der Waals surface area (Å²) in [5.74, 6) is -1.28. The number of benzene rings is 1. The Hall–Kier alpha value is -2.89. The molecule has 0 aliphatic carbocycles. The fraction of sp³-hybridized carbons (Fsp3) is 0.579. The molecule has 0 saturated heterocycles. The van der Waals surface area contributed by atoms with Gasteiger partial charge in [0.25, 0.3) is 27.4 Å². The van der Waals surface area contributed by atoms with Crippen LogP contribution in [0, 0.1) is 20.2 Å². The first-order chi connectivity index (χ1) is 16.9. The van der Waals surface area contributed by atoms with Crippen molar-refractivity contribution in [2.24, 2.45) is 0 Å². The molecule has 1 aromatic carbocycles. The van der Waals surface area contributed by atoms with Crippen LogP contribution in [0.25, 0.3) is 0 Å². The van der Waals surface area contributed by atoms with Crippen molar-refractivity contribution >= 4 is 54.9 Å². The zero-order valence-corrected chi connectivity index (χ0v) is 21.9. The molecule has 0 aliphatic heterocycles. The molecule has 0 saturated carbocycles. The van der Waals surface area contributed by atoms with E-state index in [0.29, 0.717) is 25.7 Å². The highest BCUT2D eigenvalue weighted by molar-refractivity contribution is 9.09. The molecule has 202 valence electrons. The van der Waals surface area contributed by atoms with Crippen LogP contribution in [0.1, 0.15) is 42.5 Å². The largest absolute Gasteiger partial charge is 0.362 e. The Bertz CT molecular complexity index is 1050. The second-order valence-corrected chi connectivity index (χ2v) is 9.97. The SMILES string of the molecule is CS(=O)(=O)OCCN(CCBr)c1c(C(=O)NCCCCCCC(=O)NO)cc([N+](=O)[O-])cc1[N+](=O)[O-]. The van der Waals surface area contributed by atoms with Crippen LogP contribution in [-0.2, 0) is 19.1 Å². The van der Waals surface area contributed by atoms with E-state index in [1.807, 2.05) is 0 Å². The van der Waals surface area contributed by atoms with Crippen LogP contribution in [0.4, 0.5) is 17.1 Å². The minimum Gasteiger partial charge on any atom is -0.362 e. The number of carbonyl (C=O) groups excluding carboxylic acids is 2. The number of hydrogen-bond acceptors (Lipinski definition) is 11. The number of non-ortho nitro benzene ring substituents is 1. The second-order valence-electron chi connectivity index (χ2n) is 7.53. The molecule has 0 aliphatic rings. The Kier molecular flexibility index (Phi) is 13.2. The van der Waals surface area contributed by atoms with Gasteiger partial charge >= 0.3 is 0 Å². The van der Waals surface area contributed by atoms with Gasteiger partial charge < -0.3 is 10.2 Å².